The van der Waals surface area contributed by atoms with Crippen LogP contribution in [0, 0.1) is 20.8 Å². The monoisotopic (exact) mass is 369 g/mol. The highest BCUT2D eigenvalue weighted by molar-refractivity contribution is 5.66. The standard InChI is InChI=1S/C23H31NO3/c1-5-24(12-8-11-22(25)26)15-20-13-18(3)23(19(4)14-20)27-16-21-10-7-6-9-17(21)2/h6-7,9-10,13-14H,5,8,11-12,15-16H2,1-4H3,(H,25,26). The molecule has 0 aromatic heterocycles. The quantitative estimate of drug-likeness (QED) is 0.649. The van der Waals surface area contributed by atoms with E-state index in [1.54, 1.807) is 0 Å². The van der Waals surface area contributed by atoms with Crippen molar-refractivity contribution < 1.29 is 14.6 Å². The average Bonchev–Trinajstić information content (AvgIpc) is 2.61. The van der Waals surface area contributed by atoms with Crippen LogP contribution >= 0.6 is 0 Å². The number of hydrogen-bond donors (Lipinski definition) is 1. The van der Waals surface area contributed by atoms with E-state index in [0.717, 1.165) is 36.5 Å². The maximum Gasteiger partial charge on any atom is 0.303 e. The summed E-state index contributed by atoms with van der Waals surface area (Å²) >= 11 is 0. The molecule has 0 saturated carbocycles. The van der Waals surface area contributed by atoms with Gasteiger partial charge in [-0.3, -0.25) is 9.69 Å². The molecule has 146 valence electrons. The van der Waals surface area contributed by atoms with Crippen LogP contribution in [-0.4, -0.2) is 29.1 Å². The van der Waals surface area contributed by atoms with Gasteiger partial charge in [0.2, 0.25) is 0 Å². The fraction of sp³-hybridized carbons (Fsp3) is 0.435. The summed E-state index contributed by atoms with van der Waals surface area (Å²) in [5.41, 5.74) is 5.96. The topological polar surface area (TPSA) is 49.8 Å². The van der Waals surface area contributed by atoms with Gasteiger partial charge in [0.1, 0.15) is 12.4 Å². The number of carboxylic acids is 1. The second-order valence-corrected chi connectivity index (χ2v) is 7.14. The molecule has 2 aromatic carbocycles. The second kappa shape index (κ2) is 10.1. The number of nitrogens with zero attached hydrogens (tertiary/aromatic N) is 1. The molecule has 0 aliphatic rings. The zero-order valence-corrected chi connectivity index (χ0v) is 16.9. The number of aliphatic carboxylic acids is 1. The SMILES string of the molecule is CCN(CCCC(=O)O)Cc1cc(C)c(OCc2ccccc2C)c(C)c1. The molecular weight excluding hydrogens is 338 g/mol. The van der Waals surface area contributed by atoms with Gasteiger partial charge in [0, 0.05) is 13.0 Å². The Morgan fingerprint density at radius 1 is 1.07 bits per heavy atom. The van der Waals surface area contributed by atoms with Gasteiger partial charge in [0.05, 0.1) is 0 Å². The van der Waals surface area contributed by atoms with Crippen LogP contribution < -0.4 is 4.74 Å². The Hall–Kier alpha value is -2.33. The molecule has 0 spiro atoms. The van der Waals surface area contributed by atoms with Gasteiger partial charge in [0.25, 0.3) is 0 Å². The van der Waals surface area contributed by atoms with Crippen LogP contribution in [0.25, 0.3) is 0 Å². The number of aryl methyl sites for hydroxylation is 3. The minimum atomic E-state index is -0.729. The van der Waals surface area contributed by atoms with Gasteiger partial charge in [0.15, 0.2) is 0 Å². The highest BCUT2D eigenvalue weighted by Gasteiger charge is 2.11. The molecule has 0 amide bonds. The normalized spacial score (nSPS) is 11.0. The van der Waals surface area contributed by atoms with E-state index in [2.05, 4.69) is 56.9 Å². The predicted molar refractivity (Wildman–Crippen MR) is 109 cm³/mol. The van der Waals surface area contributed by atoms with Crippen molar-refractivity contribution in [1.82, 2.24) is 4.90 Å². The Morgan fingerprint density at radius 3 is 2.33 bits per heavy atom. The lowest BCUT2D eigenvalue weighted by atomic mass is 10.0. The summed E-state index contributed by atoms with van der Waals surface area (Å²) in [6, 6.07) is 12.6. The van der Waals surface area contributed by atoms with Crippen molar-refractivity contribution in [3.05, 3.63) is 64.2 Å². The Bertz CT molecular complexity index is 747. The van der Waals surface area contributed by atoms with E-state index < -0.39 is 5.97 Å². The Kier molecular flexibility index (Phi) is 7.86. The first-order valence-electron chi connectivity index (χ1n) is 9.62. The first kappa shape index (κ1) is 21.0. The fourth-order valence-corrected chi connectivity index (χ4v) is 3.34. The van der Waals surface area contributed by atoms with Crippen LogP contribution in [-0.2, 0) is 17.9 Å². The van der Waals surface area contributed by atoms with Crippen molar-refractivity contribution >= 4 is 5.97 Å². The van der Waals surface area contributed by atoms with Gasteiger partial charge in [-0.15, -0.1) is 0 Å². The largest absolute Gasteiger partial charge is 0.488 e. The molecule has 0 heterocycles. The molecular formula is C23H31NO3. The summed E-state index contributed by atoms with van der Waals surface area (Å²) in [5, 5.41) is 8.81. The third-order valence-electron chi connectivity index (χ3n) is 4.87. The van der Waals surface area contributed by atoms with Crippen molar-refractivity contribution in [3.63, 3.8) is 0 Å². The number of ether oxygens (including phenoxy) is 1. The first-order chi connectivity index (χ1) is 12.9. The molecule has 0 aliphatic heterocycles. The van der Waals surface area contributed by atoms with Crippen molar-refractivity contribution in [3.8, 4) is 5.75 Å². The summed E-state index contributed by atoms with van der Waals surface area (Å²) in [6.45, 7) is 11.5. The summed E-state index contributed by atoms with van der Waals surface area (Å²) < 4.78 is 6.13. The van der Waals surface area contributed by atoms with Gasteiger partial charge >= 0.3 is 5.97 Å². The molecule has 0 saturated heterocycles. The highest BCUT2D eigenvalue weighted by atomic mass is 16.5. The number of carbonyl (C=O) groups is 1. The van der Waals surface area contributed by atoms with Crippen molar-refractivity contribution in [2.45, 2.75) is 53.7 Å². The fourth-order valence-electron chi connectivity index (χ4n) is 3.34. The van der Waals surface area contributed by atoms with Crippen molar-refractivity contribution in [2.75, 3.05) is 13.1 Å². The van der Waals surface area contributed by atoms with Crippen molar-refractivity contribution in [1.29, 1.82) is 0 Å². The lowest BCUT2D eigenvalue weighted by Gasteiger charge is -2.21. The van der Waals surface area contributed by atoms with E-state index in [4.69, 9.17) is 9.84 Å². The summed E-state index contributed by atoms with van der Waals surface area (Å²) in [6.07, 6.45) is 0.902. The molecule has 4 heteroatoms. The number of carboxylic acid groups (broad SMARTS) is 1. The van der Waals surface area contributed by atoms with Crippen molar-refractivity contribution in [2.24, 2.45) is 0 Å². The Balaban J connectivity index is 2.02. The number of rotatable bonds is 10. The van der Waals surface area contributed by atoms with Gasteiger partial charge < -0.3 is 9.84 Å². The van der Waals surface area contributed by atoms with Crippen LogP contribution in [0.4, 0.5) is 0 Å². The molecule has 0 atom stereocenters. The molecule has 27 heavy (non-hydrogen) atoms. The Labute approximate surface area is 162 Å². The Morgan fingerprint density at radius 2 is 1.74 bits per heavy atom. The van der Waals surface area contributed by atoms with Gasteiger partial charge in [-0.2, -0.15) is 0 Å². The zero-order valence-electron chi connectivity index (χ0n) is 16.9. The molecule has 2 aromatic rings. The summed E-state index contributed by atoms with van der Waals surface area (Å²) in [7, 11) is 0. The van der Waals surface area contributed by atoms with Crippen LogP contribution in [0.15, 0.2) is 36.4 Å². The van der Waals surface area contributed by atoms with Crippen LogP contribution in [0.5, 0.6) is 5.75 Å². The maximum absolute atomic E-state index is 10.7. The van der Waals surface area contributed by atoms with E-state index in [0.29, 0.717) is 13.0 Å². The zero-order chi connectivity index (χ0) is 19.8. The minimum Gasteiger partial charge on any atom is -0.488 e. The number of hydrogen-bond acceptors (Lipinski definition) is 3. The molecule has 0 radical (unpaired) electrons. The molecule has 4 nitrogen and oxygen atoms in total. The van der Waals surface area contributed by atoms with E-state index >= 15 is 0 Å². The maximum atomic E-state index is 10.7. The summed E-state index contributed by atoms with van der Waals surface area (Å²) in [4.78, 5) is 13.0. The average molecular weight is 370 g/mol. The molecule has 2 rings (SSSR count). The molecule has 0 bridgehead atoms. The lowest BCUT2D eigenvalue weighted by Crippen LogP contribution is -2.24. The van der Waals surface area contributed by atoms with E-state index in [1.807, 2.05) is 12.1 Å². The van der Waals surface area contributed by atoms with E-state index in [-0.39, 0.29) is 6.42 Å². The van der Waals surface area contributed by atoms with Crippen LogP contribution in [0.2, 0.25) is 0 Å². The van der Waals surface area contributed by atoms with E-state index in [9.17, 15) is 4.79 Å². The predicted octanol–water partition coefficient (Wildman–Crippen LogP) is 4.88. The van der Waals surface area contributed by atoms with E-state index in [1.165, 1.54) is 16.7 Å². The van der Waals surface area contributed by atoms with Gasteiger partial charge in [-0.25, -0.2) is 0 Å². The van der Waals surface area contributed by atoms with Gasteiger partial charge in [-0.1, -0.05) is 43.3 Å². The second-order valence-electron chi connectivity index (χ2n) is 7.14. The van der Waals surface area contributed by atoms with Crippen LogP contribution in [0.3, 0.4) is 0 Å². The molecule has 0 fully saturated rings. The molecule has 0 unspecified atom stereocenters. The molecule has 0 aliphatic carbocycles. The third-order valence-corrected chi connectivity index (χ3v) is 4.87. The smallest absolute Gasteiger partial charge is 0.303 e. The van der Waals surface area contributed by atoms with Gasteiger partial charge in [-0.05, 0) is 68.1 Å². The molecule has 1 N–H and O–H groups in total. The summed E-state index contributed by atoms with van der Waals surface area (Å²) in [5.74, 6) is 0.226. The van der Waals surface area contributed by atoms with Crippen LogP contribution in [0.1, 0.15) is 47.6 Å². The third kappa shape index (κ3) is 6.40. The lowest BCUT2D eigenvalue weighted by molar-refractivity contribution is -0.137. The first-order valence-corrected chi connectivity index (χ1v) is 9.62. The highest BCUT2D eigenvalue weighted by Crippen LogP contribution is 2.27. The number of benzene rings is 2. The minimum absolute atomic E-state index is 0.222.